The molecule has 0 unspecified atom stereocenters. The van der Waals surface area contributed by atoms with Crippen molar-refractivity contribution in [3.8, 4) is 0 Å². The Hall–Kier alpha value is -1.04. The first-order chi connectivity index (χ1) is 7.48. The second-order valence-electron chi connectivity index (χ2n) is 3.22. The molecule has 1 aromatic carbocycles. The first-order valence-electron chi connectivity index (χ1n) is 4.53. The Morgan fingerprint density at radius 1 is 1.31 bits per heavy atom. The summed E-state index contributed by atoms with van der Waals surface area (Å²) in [6, 6.07) is 3.92. The van der Waals surface area contributed by atoms with Crippen LogP contribution in [0, 0.1) is 0 Å². The maximum atomic E-state index is 12.8. The summed E-state index contributed by atoms with van der Waals surface area (Å²) in [5.74, 6) is 0.0693. The van der Waals surface area contributed by atoms with Crippen LogP contribution in [0.2, 0.25) is 0 Å². The topological polar surface area (TPSA) is 21.6 Å². The van der Waals surface area contributed by atoms with Crippen molar-refractivity contribution in [3.63, 3.8) is 0 Å². The van der Waals surface area contributed by atoms with E-state index in [0.717, 1.165) is 6.07 Å². The average molecular weight is 294 g/mol. The summed E-state index contributed by atoms with van der Waals surface area (Å²) in [5.41, 5.74) is -0.740. The van der Waals surface area contributed by atoms with Gasteiger partial charge in [0.1, 0.15) is 6.61 Å². The summed E-state index contributed by atoms with van der Waals surface area (Å²) in [6.07, 6.45) is -4.41. The van der Waals surface area contributed by atoms with Crippen molar-refractivity contribution in [1.29, 1.82) is 0 Å². The van der Waals surface area contributed by atoms with Gasteiger partial charge in [0.05, 0.1) is 12.1 Å². The van der Waals surface area contributed by atoms with Gasteiger partial charge in [0.25, 0.3) is 0 Å². The van der Waals surface area contributed by atoms with Crippen LogP contribution in [-0.4, -0.2) is 19.0 Å². The number of rotatable bonds is 1. The number of alkyl halides is 3. The van der Waals surface area contributed by atoms with Gasteiger partial charge in [0.2, 0.25) is 5.90 Å². The fraction of sp³-hybridized carbons (Fsp3) is 0.300. The molecular weight excluding hydrogens is 287 g/mol. The van der Waals surface area contributed by atoms with Gasteiger partial charge in [-0.25, -0.2) is 4.99 Å². The maximum Gasteiger partial charge on any atom is 0.417 e. The van der Waals surface area contributed by atoms with Crippen molar-refractivity contribution in [3.05, 3.63) is 33.8 Å². The molecule has 6 heteroatoms. The van der Waals surface area contributed by atoms with E-state index in [2.05, 4.69) is 20.9 Å². The molecule has 0 aromatic heterocycles. The van der Waals surface area contributed by atoms with E-state index < -0.39 is 11.7 Å². The van der Waals surface area contributed by atoms with E-state index in [-0.39, 0.29) is 11.5 Å². The van der Waals surface area contributed by atoms with Crippen molar-refractivity contribution in [2.45, 2.75) is 6.18 Å². The molecule has 0 atom stereocenters. The number of halogens is 4. The van der Waals surface area contributed by atoms with Gasteiger partial charge in [-0.2, -0.15) is 13.2 Å². The van der Waals surface area contributed by atoms with Crippen LogP contribution in [0.5, 0.6) is 0 Å². The Labute approximate surface area is 98.3 Å². The van der Waals surface area contributed by atoms with Gasteiger partial charge in [-0.1, -0.05) is 15.9 Å². The van der Waals surface area contributed by atoms with Crippen LogP contribution in [0.1, 0.15) is 11.1 Å². The first-order valence-corrected chi connectivity index (χ1v) is 5.32. The Balaban J connectivity index is 2.52. The molecular formula is C10H7BrF3NO. The normalized spacial score (nSPS) is 15.9. The summed E-state index contributed by atoms with van der Waals surface area (Å²) in [6.45, 7) is 0.741. The standard InChI is InChI=1S/C10H7BrF3NO/c11-6-1-2-7(9-15-3-4-16-9)8(5-6)10(12,13)14/h1-2,5H,3-4H2. The van der Waals surface area contributed by atoms with Crippen LogP contribution >= 0.6 is 15.9 Å². The Bertz CT molecular complexity index is 442. The van der Waals surface area contributed by atoms with E-state index in [1.54, 1.807) is 0 Å². The highest BCUT2D eigenvalue weighted by Gasteiger charge is 2.35. The summed E-state index contributed by atoms with van der Waals surface area (Å²) in [4.78, 5) is 3.89. The SMILES string of the molecule is FC(F)(F)c1cc(Br)ccc1C1=NCCO1. The molecule has 0 amide bonds. The second-order valence-corrected chi connectivity index (χ2v) is 4.14. The molecule has 1 aliphatic rings. The number of nitrogens with zero attached hydrogens (tertiary/aromatic N) is 1. The fourth-order valence-electron chi connectivity index (χ4n) is 1.44. The Morgan fingerprint density at radius 3 is 2.62 bits per heavy atom. The quantitative estimate of drug-likeness (QED) is 0.779. The summed E-state index contributed by atoms with van der Waals surface area (Å²) < 4.78 is 43.7. The monoisotopic (exact) mass is 293 g/mol. The molecule has 16 heavy (non-hydrogen) atoms. The maximum absolute atomic E-state index is 12.8. The highest BCUT2D eigenvalue weighted by molar-refractivity contribution is 9.10. The highest BCUT2D eigenvalue weighted by Crippen LogP contribution is 2.34. The lowest BCUT2D eigenvalue weighted by Gasteiger charge is -2.12. The predicted molar refractivity (Wildman–Crippen MR) is 56.5 cm³/mol. The molecule has 0 radical (unpaired) electrons. The number of hydrogen-bond donors (Lipinski definition) is 0. The van der Waals surface area contributed by atoms with Crippen LogP contribution in [0.3, 0.4) is 0 Å². The van der Waals surface area contributed by atoms with Crippen LogP contribution in [-0.2, 0) is 10.9 Å². The van der Waals surface area contributed by atoms with E-state index in [4.69, 9.17) is 4.74 Å². The molecule has 86 valence electrons. The van der Waals surface area contributed by atoms with Gasteiger partial charge < -0.3 is 4.74 Å². The van der Waals surface area contributed by atoms with Gasteiger partial charge in [-0.15, -0.1) is 0 Å². The molecule has 1 aliphatic heterocycles. The number of benzene rings is 1. The van der Waals surface area contributed by atoms with Crippen LogP contribution in [0.4, 0.5) is 13.2 Å². The zero-order valence-corrected chi connectivity index (χ0v) is 9.60. The minimum Gasteiger partial charge on any atom is -0.475 e. The van der Waals surface area contributed by atoms with Crippen molar-refractivity contribution in [1.82, 2.24) is 0 Å². The number of aliphatic imine (C=N–C) groups is 1. The minimum absolute atomic E-state index is 0.00630. The third kappa shape index (κ3) is 2.21. The van der Waals surface area contributed by atoms with Crippen LogP contribution in [0.15, 0.2) is 27.7 Å². The zero-order valence-electron chi connectivity index (χ0n) is 8.01. The second kappa shape index (κ2) is 4.08. The van der Waals surface area contributed by atoms with Gasteiger partial charge >= 0.3 is 6.18 Å². The molecule has 0 N–H and O–H groups in total. The number of ether oxygens (including phenoxy) is 1. The fourth-order valence-corrected chi connectivity index (χ4v) is 1.80. The molecule has 0 saturated heterocycles. The zero-order chi connectivity index (χ0) is 11.8. The molecule has 2 rings (SSSR count). The van der Waals surface area contributed by atoms with Crippen molar-refractivity contribution in [2.75, 3.05) is 13.2 Å². The van der Waals surface area contributed by atoms with Crippen molar-refractivity contribution < 1.29 is 17.9 Å². The van der Waals surface area contributed by atoms with Gasteiger partial charge in [0.15, 0.2) is 0 Å². The molecule has 0 aliphatic carbocycles. The summed E-state index contributed by atoms with van der Waals surface area (Å²) in [5, 5.41) is 0. The van der Waals surface area contributed by atoms with Crippen LogP contribution in [0.25, 0.3) is 0 Å². The van der Waals surface area contributed by atoms with E-state index >= 15 is 0 Å². The largest absolute Gasteiger partial charge is 0.475 e. The van der Waals surface area contributed by atoms with E-state index in [1.165, 1.54) is 12.1 Å². The van der Waals surface area contributed by atoms with Gasteiger partial charge in [0, 0.05) is 10.0 Å². The Morgan fingerprint density at radius 2 is 2.06 bits per heavy atom. The molecule has 0 spiro atoms. The van der Waals surface area contributed by atoms with Crippen molar-refractivity contribution in [2.24, 2.45) is 4.99 Å². The molecule has 0 fully saturated rings. The van der Waals surface area contributed by atoms with E-state index in [9.17, 15) is 13.2 Å². The molecule has 1 heterocycles. The smallest absolute Gasteiger partial charge is 0.417 e. The Kier molecular flexibility index (Phi) is 2.92. The van der Waals surface area contributed by atoms with Crippen molar-refractivity contribution >= 4 is 21.8 Å². The van der Waals surface area contributed by atoms with Crippen LogP contribution < -0.4 is 0 Å². The summed E-state index contributed by atoms with van der Waals surface area (Å²) in [7, 11) is 0. The number of hydrogen-bond acceptors (Lipinski definition) is 2. The average Bonchev–Trinajstić information content (AvgIpc) is 2.69. The molecule has 0 saturated carbocycles. The van der Waals surface area contributed by atoms with Gasteiger partial charge in [-0.05, 0) is 18.2 Å². The van der Waals surface area contributed by atoms with E-state index in [0.29, 0.717) is 17.6 Å². The molecule has 0 bridgehead atoms. The van der Waals surface area contributed by atoms with E-state index in [1.807, 2.05) is 0 Å². The highest BCUT2D eigenvalue weighted by atomic mass is 79.9. The predicted octanol–water partition coefficient (Wildman–Crippen LogP) is 3.24. The lowest BCUT2D eigenvalue weighted by atomic mass is 10.1. The first kappa shape index (κ1) is 11.4. The molecule has 1 aromatic rings. The molecule has 2 nitrogen and oxygen atoms in total. The van der Waals surface area contributed by atoms with Gasteiger partial charge in [-0.3, -0.25) is 0 Å². The summed E-state index contributed by atoms with van der Waals surface area (Å²) >= 11 is 3.02. The third-order valence-electron chi connectivity index (χ3n) is 2.10. The lowest BCUT2D eigenvalue weighted by Crippen LogP contribution is -2.13. The lowest BCUT2D eigenvalue weighted by molar-refractivity contribution is -0.137. The minimum atomic E-state index is -4.41. The third-order valence-corrected chi connectivity index (χ3v) is 2.60.